The Morgan fingerprint density at radius 3 is 2.23 bits per heavy atom. The molecule has 0 saturated heterocycles. The number of carboxylic acid groups (broad SMARTS) is 1. The molecule has 7 nitrogen and oxygen atoms in total. The minimum atomic E-state index is -1.31. The van der Waals surface area contributed by atoms with Crippen LogP contribution in [0.3, 0.4) is 0 Å². The molecule has 39 heavy (non-hydrogen) atoms. The third kappa shape index (κ3) is 8.46. The molecule has 10 heteroatoms. The molecule has 2 aromatic heterocycles. The second-order valence-electron chi connectivity index (χ2n) is 8.47. The van der Waals surface area contributed by atoms with Crippen molar-refractivity contribution in [2.24, 2.45) is 5.92 Å². The van der Waals surface area contributed by atoms with Gasteiger partial charge in [0.2, 0.25) is 5.95 Å². The zero-order chi connectivity index (χ0) is 26.9. The second-order valence-corrected chi connectivity index (χ2v) is 9.28. The number of ketones is 1. The maximum atomic E-state index is 12.7. The number of Topliss-reactive ketones (excluding diaryl/α,β-unsaturated/α-hetero) is 1. The van der Waals surface area contributed by atoms with Crippen LogP contribution in [0.1, 0.15) is 34.3 Å². The number of carbonyl (C=O) groups excluding carboxylic acids is 2. The summed E-state index contributed by atoms with van der Waals surface area (Å²) in [7, 11) is 0. The molecule has 0 amide bonds. The maximum Gasteiger partial charge on any atom is 1.00 e. The van der Waals surface area contributed by atoms with Gasteiger partial charge in [0.25, 0.3) is 0 Å². The number of allylic oxidation sites excluding steroid dienone is 1. The third-order valence-corrected chi connectivity index (χ3v) is 6.43. The molecule has 2 heterocycles. The van der Waals surface area contributed by atoms with Gasteiger partial charge in [0, 0.05) is 48.8 Å². The monoisotopic (exact) mass is 568 g/mol. The molecule has 1 unspecified atom stereocenters. The number of aliphatic carboxylic acids is 1. The van der Waals surface area contributed by atoms with Gasteiger partial charge in [0.15, 0.2) is 5.78 Å². The quantitative estimate of drug-likeness (QED) is 0.202. The summed E-state index contributed by atoms with van der Waals surface area (Å²) in [5.74, 6) is -2.21. The first-order valence-electron chi connectivity index (χ1n) is 11.8. The van der Waals surface area contributed by atoms with E-state index in [1.165, 1.54) is 0 Å². The SMILES string of the molecule is O=C(CC(C/C=C/c1ccc(N(Cc2cccnc2)c2ncccn2)cc1)C(=O)[O-])c1c(Cl)cccc1Cl.[Na+]. The average molecular weight is 569 g/mol. The summed E-state index contributed by atoms with van der Waals surface area (Å²) in [5.41, 5.74) is 2.87. The molecule has 0 fully saturated rings. The maximum absolute atomic E-state index is 12.7. The number of aromatic nitrogens is 3. The Bertz CT molecular complexity index is 1400. The summed E-state index contributed by atoms with van der Waals surface area (Å²) in [5, 5.41) is 12.1. The van der Waals surface area contributed by atoms with Crippen molar-refractivity contribution in [3.63, 3.8) is 0 Å². The number of pyridine rings is 1. The normalized spacial score (nSPS) is 11.5. The number of rotatable bonds is 11. The smallest absolute Gasteiger partial charge is 0.550 e. The number of hydrogen-bond donors (Lipinski definition) is 0. The minimum Gasteiger partial charge on any atom is -0.550 e. The van der Waals surface area contributed by atoms with Crippen LogP contribution in [0.2, 0.25) is 10.0 Å². The fraction of sp³-hybridized carbons (Fsp3) is 0.138. The van der Waals surface area contributed by atoms with E-state index in [1.807, 2.05) is 41.3 Å². The van der Waals surface area contributed by atoms with Gasteiger partial charge in [0.1, 0.15) is 0 Å². The molecule has 0 aliphatic carbocycles. The number of anilines is 2. The van der Waals surface area contributed by atoms with E-state index in [4.69, 9.17) is 23.2 Å². The van der Waals surface area contributed by atoms with Gasteiger partial charge >= 0.3 is 29.6 Å². The Morgan fingerprint density at radius 1 is 0.923 bits per heavy atom. The van der Waals surface area contributed by atoms with Crippen LogP contribution in [0, 0.1) is 5.92 Å². The molecule has 4 aromatic rings. The van der Waals surface area contributed by atoms with Crippen molar-refractivity contribution in [2.45, 2.75) is 19.4 Å². The van der Waals surface area contributed by atoms with E-state index < -0.39 is 17.7 Å². The summed E-state index contributed by atoms with van der Waals surface area (Å²) in [6, 6.07) is 18.0. The van der Waals surface area contributed by atoms with Gasteiger partial charge in [-0.3, -0.25) is 9.78 Å². The first-order chi connectivity index (χ1) is 18.4. The number of carbonyl (C=O) groups is 2. The first-order valence-corrected chi connectivity index (χ1v) is 12.6. The van der Waals surface area contributed by atoms with E-state index in [9.17, 15) is 14.7 Å². The number of benzene rings is 2. The standard InChI is InChI=1S/C29H24Cl2N4O3.Na/c30-24-8-2-9-25(31)27(24)26(36)17-22(28(37)38)7-1-5-20-10-12-23(13-11-20)35(29-33-15-4-16-34-29)19-21-6-3-14-32-18-21;/h1-6,8-16,18,22H,7,17,19H2,(H,37,38);/q;+1/p-1/b5-1+;. The zero-order valence-electron chi connectivity index (χ0n) is 21.2. The zero-order valence-corrected chi connectivity index (χ0v) is 24.7. The van der Waals surface area contributed by atoms with Crippen LogP contribution in [0.4, 0.5) is 11.6 Å². The van der Waals surface area contributed by atoms with Crippen molar-refractivity contribution < 1.29 is 44.3 Å². The Hall–Kier alpha value is -3.07. The van der Waals surface area contributed by atoms with Crippen molar-refractivity contribution >= 4 is 52.7 Å². The summed E-state index contributed by atoms with van der Waals surface area (Å²) in [4.78, 5) is 39.3. The van der Waals surface area contributed by atoms with E-state index in [2.05, 4.69) is 15.0 Å². The van der Waals surface area contributed by atoms with E-state index in [1.54, 1.807) is 61.2 Å². The molecule has 0 bridgehead atoms. The molecule has 192 valence electrons. The van der Waals surface area contributed by atoms with Crippen LogP contribution in [0.5, 0.6) is 0 Å². The third-order valence-electron chi connectivity index (χ3n) is 5.80. The molecule has 2 aromatic carbocycles. The van der Waals surface area contributed by atoms with E-state index >= 15 is 0 Å². The van der Waals surface area contributed by atoms with Crippen molar-refractivity contribution in [1.29, 1.82) is 0 Å². The minimum absolute atomic E-state index is 0. The largest absolute Gasteiger partial charge is 1.00 e. The number of nitrogens with zero attached hydrogens (tertiary/aromatic N) is 4. The van der Waals surface area contributed by atoms with Gasteiger partial charge in [-0.15, -0.1) is 0 Å². The average Bonchev–Trinajstić information content (AvgIpc) is 2.92. The van der Waals surface area contributed by atoms with Gasteiger partial charge < -0.3 is 14.8 Å². The number of halogens is 2. The molecule has 0 aliphatic rings. The van der Waals surface area contributed by atoms with E-state index in [-0.39, 0.29) is 58.0 Å². The number of carboxylic acids is 1. The molecule has 0 radical (unpaired) electrons. The van der Waals surface area contributed by atoms with Crippen molar-refractivity contribution in [3.8, 4) is 0 Å². The summed E-state index contributed by atoms with van der Waals surface area (Å²) in [6.45, 7) is 0.532. The first kappa shape index (κ1) is 30.5. The van der Waals surface area contributed by atoms with Gasteiger partial charge in [0.05, 0.1) is 22.2 Å². The Labute approximate surface area is 258 Å². The van der Waals surface area contributed by atoms with Gasteiger partial charge in [-0.05, 0) is 53.9 Å². The van der Waals surface area contributed by atoms with Crippen LogP contribution < -0.4 is 39.6 Å². The van der Waals surface area contributed by atoms with Crippen LogP contribution in [-0.2, 0) is 11.3 Å². The van der Waals surface area contributed by atoms with E-state index in [0.29, 0.717) is 12.5 Å². The van der Waals surface area contributed by atoms with Gasteiger partial charge in [-0.25, -0.2) is 9.97 Å². The Morgan fingerprint density at radius 2 is 1.62 bits per heavy atom. The van der Waals surface area contributed by atoms with Crippen LogP contribution in [0.25, 0.3) is 6.08 Å². The molecule has 0 aliphatic heterocycles. The summed E-state index contributed by atoms with van der Waals surface area (Å²) < 4.78 is 0. The Kier molecular flexibility index (Phi) is 11.7. The van der Waals surface area contributed by atoms with Gasteiger partial charge in [-0.1, -0.05) is 59.6 Å². The van der Waals surface area contributed by atoms with Crippen molar-refractivity contribution in [3.05, 3.63) is 118 Å². The molecular formula is C29H23Cl2N4NaO3. The van der Waals surface area contributed by atoms with Gasteiger partial charge in [-0.2, -0.15) is 0 Å². The Balaban J connectivity index is 0.00000420. The molecular weight excluding hydrogens is 546 g/mol. The van der Waals surface area contributed by atoms with Crippen molar-refractivity contribution in [1.82, 2.24) is 15.0 Å². The molecule has 4 rings (SSSR count). The number of hydrogen-bond acceptors (Lipinski definition) is 7. The van der Waals surface area contributed by atoms with Crippen LogP contribution in [0.15, 0.2) is 91.5 Å². The molecule has 0 spiro atoms. The predicted molar refractivity (Wildman–Crippen MR) is 146 cm³/mol. The summed E-state index contributed by atoms with van der Waals surface area (Å²) in [6.07, 6.45) is 10.3. The topological polar surface area (TPSA) is 99.1 Å². The molecule has 0 N–H and O–H groups in total. The second kappa shape index (κ2) is 14.9. The van der Waals surface area contributed by atoms with Crippen molar-refractivity contribution in [2.75, 3.05) is 4.90 Å². The summed E-state index contributed by atoms with van der Waals surface area (Å²) >= 11 is 12.2. The van der Waals surface area contributed by atoms with Crippen LogP contribution >= 0.6 is 23.2 Å². The molecule has 1 atom stereocenters. The van der Waals surface area contributed by atoms with E-state index in [0.717, 1.165) is 16.8 Å². The fourth-order valence-electron chi connectivity index (χ4n) is 3.87. The predicted octanol–water partition coefficient (Wildman–Crippen LogP) is 2.56. The molecule has 0 saturated carbocycles. The fourth-order valence-corrected chi connectivity index (χ4v) is 4.48. The van der Waals surface area contributed by atoms with Crippen LogP contribution in [-0.4, -0.2) is 26.7 Å².